The monoisotopic (exact) mass is 281 g/mol. The smallest absolute Gasteiger partial charge is 0.471 e. The summed E-state index contributed by atoms with van der Waals surface area (Å²) in [6.45, 7) is -0.435. The molecule has 1 aromatic rings. The first-order valence-electron chi connectivity index (χ1n) is 4.58. The van der Waals surface area contributed by atoms with Gasteiger partial charge in [0.15, 0.2) is 0 Å². The van der Waals surface area contributed by atoms with Gasteiger partial charge in [-0.25, -0.2) is 4.79 Å². The fourth-order valence-electron chi connectivity index (χ4n) is 1.13. The number of amides is 1. The molecule has 0 aromatic heterocycles. The maximum Gasteiger partial charge on any atom is 0.471 e. The van der Waals surface area contributed by atoms with Crippen molar-refractivity contribution >= 4 is 23.5 Å². The minimum atomic E-state index is -4.97. The summed E-state index contributed by atoms with van der Waals surface area (Å²) < 4.78 is 35.7. The fraction of sp³-hybridized carbons (Fsp3) is 0.200. The van der Waals surface area contributed by atoms with Gasteiger partial charge in [-0.3, -0.25) is 4.79 Å². The molecule has 0 heterocycles. The standard InChI is InChI=1S/C10H7ClF3NO3/c11-7-2-1-5(3-6(7)8(16)17)4-15-9(18)10(12,13)14/h1-3H,4H2,(H,15,18)(H,16,17). The highest BCUT2D eigenvalue weighted by Gasteiger charge is 2.38. The lowest BCUT2D eigenvalue weighted by atomic mass is 10.1. The van der Waals surface area contributed by atoms with Gasteiger partial charge in [0.2, 0.25) is 0 Å². The highest BCUT2D eigenvalue weighted by molar-refractivity contribution is 6.33. The van der Waals surface area contributed by atoms with Crippen LogP contribution in [0.3, 0.4) is 0 Å². The zero-order valence-electron chi connectivity index (χ0n) is 8.71. The van der Waals surface area contributed by atoms with Gasteiger partial charge in [0.25, 0.3) is 0 Å². The Hall–Kier alpha value is -1.76. The third-order valence-electron chi connectivity index (χ3n) is 1.97. The summed E-state index contributed by atoms with van der Waals surface area (Å²) in [4.78, 5) is 21.3. The number of hydrogen-bond acceptors (Lipinski definition) is 2. The molecule has 0 spiro atoms. The van der Waals surface area contributed by atoms with Crippen molar-refractivity contribution in [3.8, 4) is 0 Å². The lowest BCUT2D eigenvalue weighted by Crippen LogP contribution is -2.36. The Bertz CT molecular complexity index is 488. The molecule has 98 valence electrons. The highest BCUT2D eigenvalue weighted by atomic mass is 35.5. The number of carboxylic acid groups (broad SMARTS) is 1. The van der Waals surface area contributed by atoms with Gasteiger partial charge in [0.1, 0.15) is 0 Å². The normalized spacial score (nSPS) is 11.1. The van der Waals surface area contributed by atoms with Crippen molar-refractivity contribution in [3.05, 3.63) is 34.3 Å². The molecule has 0 saturated heterocycles. The summed E-state index contributed by atoms with van der Waals surface area (Å²) in [6.07, 6.45) is -4.97. The number of alkyl halides is 3. The Morgan fingerprint density at radius 1 is 1.33 bits per heavy atom. The van der Waals surface area contributed by atoms with E-state index in [0.29, 0.717) is 0 Å². The van der Waals surface area contributed by atoms with Crippen LogP contribution >= 0.6 is 11.6 Å². The summed E-state index contributed by atoms with van der Waals surface area (Å²) in [5, 5.41) is 10.3. The first-order valence-corrected chi connectivity index (χ1v) is 4.96. The van der Waals surface area contributed by atoms with Gasteiger partial charge >= 0.3 is 18.1 Å². The third kappa shape index (κ3) is 3.63. The van der Waals surface area contributed by atoms with E-state index in [9.17, 15) is 22.8 Å². The summed E-state index contributed by atoms with van der Waals surface area (Å²) in [5.41, 5.74) is -0.0372. The third-order valence-corrected chi connectivity index (χ3v) is 2.30. The number of hydrogen-bond donors (Lipinski definition) is 2. The topological polar surface area (TPSA) is 66.4 Å². The largest absolute Gasteiger partial charge is 0.478 e. The van der Waals surface area contributed by atoms with Gasteiger partial charge in [-0.05, 0) is 17.7 Å². The minimum absolute atomic E-state index is 0.0339. The zero-order valence-corrected chi connectivity index (χ0v) is 9.47. The Kier molecular flexibility index (Phi) is 4.18. The summed E-state index contributed by atoms with van der Waals surface area (Å²) >= 11 is 5.58. The van der Waals surface area contributed by atoms with E-state index in [1.165, 1.54) is 12.1 Å². The molecule has 0 saturated carbocycles. The van der Waals surface area contributed by atoms with E-state index >= 15 is 0 Å². The summed E-state index contributed by atoms with van der Waals surface area (Å²) in [7, 11) is 0. The molecule has 8 heteroatoms. The lowest BCUT2D eigenvalue weighted by molar-refractivity contribution is -0.173. The van der Waals surface area contributed by atoms with Crippen molar-refractivity contribution < 1.29 is 27.9 Å². The molecule has 0 unspecified atom stereocenters. The van der Waals surface area contributed by atoms with Crippen LogP contribution in [0.5, 0.6) is 0 Å². The molecule has 4 nitrogen and oxygen atoms in total. The maximum atomic E-state index is 11.9. The van der Waals surface area contributed by atoms with E-state index in [1.54, 1.807) is 5.32 Å². The number of benzene rings is 1. The van der Waals surface area contributed by atoms with E-state index in [-0.39, 0.29) is 16.1 Å². The fourth-order valence-corrected chi connectivity index (χ4v) is 1.33. The zero-order chi connectivity index (χ0) is 13.9. The molecule has 1 amide bonds. The van der Waals surface area contributed by atoms with Crippen LogP contribution < -0.4 is 5.32 Å². The van der Waals surface area contributed by atoms with E-state index in [1.807, 2.05) is 0 Å². The van der Waals surface area contributed by atoms with Gasteiger partial charge in [-0.2, -0.15) is 13.2 Å². The van der Waals surface area contributed by atoms with Crippen molar-refractivity contribution in [1.82, 2.24) is 5.32 Å². The Labute approximate surface area is 104 Å². The number of nitrogens with one attached hydrogen (secondary N) is 1. The second-order valence-electron chi connectivity index (χ2n) is 3.30. The molecule has 1 rings (SSSR count). The first kappa shape index (κ1) is 14.3. The SMILES string of the molecule is O=C(O)c1cc(CNC(=O)C(F)(F)F)ccc1Cl. The van der Waals surface area contributed by atoms with Crippen molar-refractivity contribution in [2.24, 2.45) is 0 Å². The highest BCUT2D eigenvalue weighted by Crippen LogP contribution is 2.18. The lowest BCUT2D eigenvalue weighted by Gasteiger charge is -2.08. The number of rotatable bonds is 3. The summed E-state index contributed by atoms with van der Waals surface area (Å²) in [5.74, 6) is -3.39. The van der Waals surface area contributed by atoms with E-state index in [4.69, 9.17) is 16.7 Å². The van der Waals surface area contributed by atoms with Crippen LogP contribution in [0.2, 0.25) is 5.02 Å². The van der Waals surface area contributed by atoms with Gasteiger partial charge in [0.05, 0.1) is 10.6 Å². The van der Waals surface area contributed by atoms with Crippen molar-refractivity contribution in [1.29, 1.82) is 0 Å². The minimum Gasteiger partial charge on any atom is -0.478 e. The molecule has 0 aliphatic heterocycles. The molecule has 2 N–H and O–H groups in total. The van der Waals surface area contributed by atoms with Crippen molar-refractivity contribution in [2.45, 2.75) is 12.7 Å². The maximum absolute atomic E-state index is 11.9. The molecule has 1 aromatic carbocycles. The molecular formula is C10H7ClF3NO3. The summed E-state index contributed by atoms with van der Waals surface area (Å²) in [6, 6.07) is 3.66. The van der Waals surface area contributed by atoms with Crippen LogP contribution in [0.15, 0.2) is 18.2 Å². The number of carbonyl (C=O) groups excluding carboxylic acids is 1. The van der Waals surface area contributed by atoms with Crippen LogP contribution in [0.25, 0.3) is 0 Å². The van der Waals surface area contributed by atoms with Gasteiger partial charge in [0, 0.05) is 6.54 Å². The van der Waals surface area contributed by atoms with Crippen molar-refractivity contribution in [3.63, 3.8) is 0 Å². The Balaban J connectivity index is 2.78. The van der Waals surface area contributed by atoms with E-state index in [2.05, 4.69) is 0 Å². The Morgan fingerprint density at radius 2 is 1.94 bits per heavy atom. The van der Waals surface area contributed by atoms with Gasteiger partial charge in [-0.1, -0.05) is 17.7 Å². The van der Waals surface area contributed by atoms with Crippen LogP contribution in [0.4, 0.5) is 13.2 Å². The Morgan fingerprint density at radius 3 is 2.44 bits per heavy atom. The molecule has 0 bridgehead atoms. The second-order valence-corrected chi connectivity index (χ2v) is 3.71. The average Bonchev–Trinajstić information content (AvgIpc) is 2.25. The predicted octanol–water partition coefficient (Wildman–Crippen LogP) is 2.22. The number of carbonyl (C=O) groups is 2. The van der Waals surface area contributed by atoms with Gasteiger partial charge in [-0.15, -0.1) is 0 Å². The predicted molar refractivity (Wildman–Crippen MR) is 56.3 cm³/mol. The number of halogens is 4. The molecule has 0 radical (unpaired) electrons. The first-order chi connectivity index (χ1) is 8.21. The molecule has 0 aliphatic rings. The number of carboxylic acids is 1. The van der Waals surface area contributed by atoms with Crippen LogP contribution in [0.1, 0.15) is 15.9 Å². The van der Waals surface area contributed by atoms with Gasteiger partial charge < -0.3 is 10.4 Å². The second kappa shape index (κ2) is 5.26. The molecule has 0 fully saturated rings. The van der Waals surface area contributed by atoms with Crippen LogP contribution in [0, 0.1) is 0 Å². The van der Waals surface area contributed by atoms with Crippen LogP contribution in [-0.4, -0.2) is 23.2 Å². The molecule has 0 aliphatic carbocycles. The van der Waals surface area contributed by atoms with E-state index in [0.717, 1.165) is 6.07 Å². The molecule has 18 heavy (non-hydrogen) atoms. The molecular weight excluding hydrogens is 275 g/mol. The van der Waals surface area contributed by atoms with Crippen LogP contribution in [-0.2, 0) is 11.3 Å². The van der Waals surface area contributed by atoms with E-state index < -0.39 is 24.6 Å². The number of aromatic carboxylic acids is 1. The van der Waals surface area contributed by atoms with Crippen molar-refractivity contribution in [2.75, 3.05) is 0 Å². The quantitative estimate of drug-likeness (QED) is 0.893. The molecule has 0 atom stereocenters. The average molecular weight is 282 g/mol.